The Kier molecular flexibility index (Phi) is 4.57. The van der Waals surface area contributed by atoms with Crippen LogP contribution in [-0.4, -0.2) is 24.9 Å². The Labute approximate surface area is 186 Å². The van der Waals surface area contributed by atoms with E-state index in [0.717, 1.165) is 37.4 Å². The number of thioether (sulfide) groups is 1. The minimum atomic E-state index is -4.44. The monoisotopic (exact) mass is 485 g/mol. The fourth-order valence-corrected chi connectivity index (χ4v) is 7.98. The standard InChI is InChI=1S/C19H15Cl2N2O3S3/c1-2-22-13-7-11(20)3-5-15(13)27-17(22)9-18-23(10-19(23)29(24,25)26)14-8-12(21)4-6-16(14)28-18/h3-9,19H,2,10H2,1H3/q+1. The molecule has 2 aliphatic rings. The number of hydrogen-bond acceptors (Lipinski definition) is 5. The van der Waals surface area contributed by atoms with Crippen LogP contribution in [0.5, 0.6) is 0 Å². The molecule has 2 unspecified atom stereocenters. The molecule has 3 heterocycles. The summed E-state index contributed by atoms with van der Waals surface area (Å²) in [6.45, 7) is 3.03. The fraction of sp³-hybridized carbons (Fsp3) is 0.211. The van der Waals surface area contributed by atoms with Crippen molar-refractivity contribution in [3.63, 3.8) is 0 Å². The summed E-state index contributed by atoms with van der Waals surface area (Å²) >= 11 is 15.5. The molecule has 1 saturated heterocycles. The highest BCUT2D eigenvalue weighted by Gasteiger charge is 2.68. The molecule has 1 spiro atoms. The van der Waals surface area contributed by atoms with E-state index in [2.05, 4.69) is 11.5 Å². The first-order valence-corrected chi connectivity index (χ1v) is 12.7. The van der Waals surface area contributed by atoms with Gasteiger partial charge in [0.2, 0.25) is 10.9 Å². The van der Waals surface area contributed by atoms with Crippen molar-refractivity contribution in [2.24, 2.45) is 0 Å². The number of aromatic nitrogens is 1. The summed E-state index contributed by atoms with van der Waals surface area (Å²) in [5, 5.41) is 1.99. The zero-order chi connectivity index (χ0) is 20.6. The lowest BCUT2D eigenvalue weighted by molar-refractivity contribution is -0.665. The van der Waals surface area contributed by atoms with E-state index >= 15 is 0 Å². The quantitative estimate of drug-likeness (QED) is 0.231. The third-order valence-electron chi connectivity index (χ3n) is 5.35. The summed E-state index contributed by atoms with van der Waals surface area (Å²) < 4.78 is 38.9. The summed E-state index contributed by atoms with van der Waals surface area (Å²) in [5.41, 5.74) is 1.82. The summed E-state index contributed by atoms with van der Waals surface area (Å²) in [6.07, 6.45) is 2.01. The van der Waals surface area contributed by atoms with Crippen LogP contribution in [0.3, 0.4) is 0 Å². The molecule has 0 bridgehead atoms. The second-order valence-electron chi connectivity index (χ2n) is 6.99. The van der Waals surface area contributed by atoms with Crippen LogP contribution in [0.1, 0.15) is 11.9 Å². The van der Waals surface area contributed by atoms with Gasteiger partial charge in [-0.25, -0.2) is 12.9 Å². The van der Waals surface area contributed by atoms with Crippen molar-refractivity contribution < 1.29 is 17.5 Å². The third-order valence-corrected chi connectivity index (χ3v) is 9.33. The average Bonchev–Trinajstić information content (AvgIpc) is 3.25. The molecule has 0 amide bonds. The largest absolute Gasteiger partial charge is 0.743 e. The second kappa shape index (κ2) is 6.68. The first kappa shape index (κ1) is 19.8. The maximum atomic E-state index is 11.9. The summed E-state index contributed by atoms with van der Waals surface area (Å²) in [4.78, 5) is 0.930. The van der Waals surface area contributed by atoms with Crippen molar-refractivity contribution in [3.8, 4) is 0 Å². The maximum absolute atomic E-state index is 11.9. The van der Waals surface area contributed by atoms with Crippen LogP contribution in [0, 0.1) is 0 Å². The molecule has 0 aliphatic carbocycles. The Morgan fingerprint density at radius 3 is 2.66 bits per heavy atom. The summed E-state index contributed by atoms with van der Waals surface area (Å²) in [6, 6.07) is 11.2. The van der Waals surface area contributed by atoms with Gasteiger partial charge in [0.05, 0.1) is 11.0 Å². The molecular formula is C19H15Cl2N2O3S3+. The smallest absolute Gasteiger partial charge is 0.269 e. The van der Waals surface area contributed by atoms with Gasteiger partial charge in [-0.2, -0.15) is 4.57 Å². The Morgan fingerprint density at radius 1 is 1.24 bits per heavy atom. The number of benzene rings is 2. The molecule has 0 radical (unpaired) electrons. The first-order valence-electron chi connectivity index (χ1n) is 8.88. The van der Waals surface area contributed by atoms with E-state index in [9.17, 15) is 13.0 Å². The molecule has 2 aromatic carbocycles. The molecule has 5 rings (SSSR count). The van der Waals surface area contributed by atoms with E-state index in [0.29, 0.717) is 10.0 Å². The van der Waals surface area contributed by atoms with Crippen molar-refractivity contribution in [2.45, 2.75) is 23.7 Å². The van der Waals surface area contributed by atoms with Gasteiger partial charge in [0.15, 0.2) is 27.4 Å². The fourth-order valence-electron chi connectivity index (χ4n) is 3.96. The van der Waals surface area contributed by atoms with Crippen molar-refractivity contribution in [1.29, 1.82) is 0 Å². The lowest BCUT2D eigenvalue weighted by Gasteiger charge is -2.16. The molecule has 3 aromatic rings. The Bertz CT molecular complexity index is 1320. The summed E-state index contributed by atoms with van der Waals surface area (Å²) in [5.74, 6) is 0. The minimum Gasteiger partial charge on any atom is -0.743 e. The van der Waals surface area contributed by atoms with Gasteiger partial charge < -0.3 is 4.55 Å². The molecule has 2 aliphatic heterocycles. The lowest BCUT2D eigenvalue weighted by atomic mass is 10.3. The van der Waals surface area contributed by atoms with E-state index in [1.54, 1.807) is 23.5 Å². The minimum absolute atomic E-state index is 0.0328. The van der Waals surface area contributed by atoms with Crippen LogP contribution in [-0.2, 0) is 16.7 Å². The molecule has 29 heavy (non-hydrogen) atoms. The third kappa shape index (κ3) is 3.05. The number of aryl methyl sites for hydroxylation is 1. The molecule has 2 atom stereocenters. The Balaban J connectivity index is 1.70. The van der Waals surface area contributed by atoms with Gasteiger partial charge in [0.25, 0.3) is 5.01 Å². The second-order valence-corrected chi connectivity index (χ2v) is 11.5. The number of rotatable bonds is 3. The van der Waals surface area contributed by atoms with Crippen molar-refractivity contribution >= 4 is 78.4 Å². The molecular weight excluding hydrogens is 471 g/mol. The first-order chi connectivity index (χ1) is 13.7. The normalized spacial score (nSPS) is 24.6. The number of hydrogen-bond donors (Lipinski definition) is 0. The van der Waals surface area contributed by atoms with Gasteiger partial charge >= 0.3 is 0 Å². The van der Waals surface area contributed by atoms with Gasteiger partial charge in [0, 0.05) is 22.2 Å². The Hall–Kier alpha value is -1.13. The van der Waals surface area contributed by atoms with E-state index in [1.165, 1.54) is 11.8 Å². The molecule has 1 aromatic heterocycles. The van der Waals surface area contributed by atoms with Crippen LogP contribution >= 0.6 is 46.3 Å². The highest BCUT2D eigenvalue weighted by Crippen LogP contribution is 2.61. The van der Waals surface area contributed by atoms with E-state index in [-0.39, 0.29) is 11.0 Å². The zero-order valence-corrected chi connectivity index (χ0v) is 19.1. The predicted molar refractivity (Wildman–Crippen MR) is 118 cm³/mol. The van der Waals surface area contributed by atoms with Gasteiger partial charge in [-0.05, 0) is 43.0 Å². The molecule has 10 heteroatoms. The van der Waals surface area contributed by atoms with Crippen LogP contribution < -0.4 is 9.05 Å². The van der Waals surface area contributed by atoms with E-state index in [1.807, 2.05) is 30.3 Å². The van der Waals surface area contributed by atoms with Crippen molar-refractivity contribution in [1.82, 2.24) is 4.48 Å². The maximum Gasteiger partial charge on any atom is 0.269 e. The number of thiazole rings is 1. The van der Waals surface area contributed by atoms with Crippen LogP contribution in [0.4, 0.5) is 5.69 Å². The van der Waals surface area contributed by atoms with Crippen LogP contribution in [0.25, 0.3) is 16.3 Å². The van der Waals surface area contributed by atoms with E-state index in [4.69, 9.17) is 23.2 Å². The molecule has 5 nitrogen and oxygen atoms in total. The zero-order valence-electron chi connectivity index (χ0n) is 15.1. The van der Waals surface area contributed by atoms with Gasteiger partial charge in [0.1, 0.15) is 11.2 Å². The van der Waals surface area contributed by atoms with Gasteiger partial charge in [-0.15, -0.1) is 0 Å². The van der Waals surface area contributed by atoms with Gasteiger partial charge in [-0.3, -0.25) is 0 Å². The predicted octanol–water partition coefficient (Wildman–Crippen LogP) is 4.81. The van der Waals surface area contributed by atoms with Gasteiger partial charge in [-0.1, -0.05) is 34.5 Å². The van der Waals surface area contributed by atoms with Crippen LogP contribution in [0.15, 0.2) is 46.3 Å². The highest BCUT2D eigenvalue weighted by atomic mass is 35.5. The molecule has 150 valence electrons. The number of halogens is 2. The molecule has 0 saturated carbocycles. The number of quaternary nitrogens is 1. The topological polar surface area (TPSA) is 61.1 Å². The number of fused-ring (bicyclic) bond motifs is 3. The Morgan fingerprint density at radius 2 is 1.97 bits per heavy atom. The average molecular weight is 486 g/mol. The van der Waals surface area contributed by atoms with E-state index < -0.39 is 15.5 Å². The van der Waals surface area contributed by atoms with Crippen molar-refractivity contribution in [2.75, 3.05) is 6.54 Å². The lowest BCUT2D eigenvalue weighted by Crippen LogP contribution is -2.34. The number of nitrogens with zero attached hydrogens (tertiary/aromatic N) is 2. The van der Waals surface area contributed by atoms with Crippen molar-refractivity contribution in [3.05, 3.63) is 56.5 Å². The van der Waals surface area contributed by atoms with Crippen LogP contribution in [0.2, 0.25) is 10.0 Å². The molecule has 1 fully saturated rings. The SMILES string of the molecule is CC[n+]1c(C=C2Sc3ccc(Cl)cc3[N+]23CC3S(=O)(=O)[O-])sc2ccc(Cl)cc21. The molecule has 0 N–H and O–H groups in total. The summed E-state index contributed by atoms with van der Waals surface area (Å²) in [7, 11) is -4.44. The highest BCUT2D eigenvalue weighted by molar-refractivity contribution is 8.03.